The molecular weight excluding hydrogens is 366 g/mol. The zero-order chi connectivity index (χ0) is 18.1. The lowest BCUT2D eigenvalue weighted by Gasteiger charge is -2.06. The molecule has 1 aromatic heterocycles. The lowest BCUT2D eigenvalue weighted by Crippen LogP contribution is -2.05. The van der Waals surface area contributed by atoms with E-state index in [1.807, 2.05) is 41.9 Å². The quantitative estimate of drug-likeness (QED) is 0.477. The number of hydrogen-bond acceptors (Lipinski definition) is 4. The number of thioether (sulfide) groups is 1. The summed E-state index contributed by atoms with van der Waals surface area (Å²) in [6, 6.07) is 13.6. The van der Waals surface area contributed by atoms with Crippen molar-refractivity contribution < 1.29 is 4.79 Å². The number of aryl methyl sites for hydroxylation is 2. The van der Waals surface area contributed by atoms with E-state index in [0.29, 0.717) is 21.8 Å². The maximum Gasteiger partial charge on any atom is 0.191 e. The van der Waals surface area contributed by atoms with Crippen LogP contribution in [0.3, 0.4) is 0 Å². The summed E-state index contributed by atoms with van der Waals surface area (Å²) < 4.78 is 1.88. The predicted molar refractivity (Wildman–Crippen MR) is 105 cm³/mol. The monoisotopic (exact) mass is 383 g/mol. The number of ketones is 1. The van der Waals surface area contributed by atoms with Gasteiger partial charge in [-0.3, -0.25) is 4.79 Å². The molecule has 0 saturated carbocycles. The second-order valence-electron chi connectivity index (χ2n) is 6.39. The number of rotatable bonds is 5. The summed E-state index contributed by atoms with van der Waals surface area (Å²) in [4.78, 5) is 12.6. The Kier molecular flexibility index (Phi) is 4.83. The smallest absolute Gasteiger partial charge is 0.191 e. The van der Waals surface area contributed by atoms with Crippen LogP contribution >= 0.6 is 23.4 Å². The first-order chi connectivity index (χ1) is 12.6. The molecule has 0 bridgehead atoms. The molecule has 1 aliphatic rings. The Morgan fingerprint density at radius 1 is 1.15 bits per heavy atom. The highest BCUT2D eigenvalue weighted by Gasteiger charge is 2.17. The molecule has 3 aromatic rings. The van der Waals surface area contributed by atoms with Gasteiger partial charge in [-0.25, -0.2) is 0 Å². The number of aromatic nitrogens is 3. The first kappa shape index (κ1) is 17.3. The Labute approximate surface area is 161 Å². The van der Waals surface area contributed by atoms with E-state index < -0.39 is 0 Å². The van der Waals surface area contributed by atoms with Crippen molar-refractivity contribution in [2.75, 3.05) is 5.75 Å². The van der Waals surface area contributed by atoms with E-state index >= 15 is 0 Å². The van der Waals surface area contributed by atoms with Gasteiger partial charge >= 0.3 is 0 Å². The van der Waals surface area contributed by atoms with Crippen molar-refractivity contribution in [3.63, 3.8) is 0 Å². The van der Waals surface area contributed by atoms with Crippen LogP contribution in [0.25, 0.3) is 11.4 Å². The molecule has 0 spiro atoms. The number of benzene rings is 2. The SMILES string of the molecule is Cn1c(SCC(=O)c2ccc3c(c2)CCC3)nnc1-c1ccccc1Cl. The Balaban J connectivity index is 1.49. The minimum atomic E-state index is 0.118. The Morgan fingerprint density at radius 2 is 1.96 bits per heavy atom. The number of Topliss-reactive ketones (excluding diaryl/α,β-unsaturated/α-hetero) is 1. The minimum absolute atomic E-state index is 0.118. The number of halogens is 1. The normalized spacial score (nSPS) is 13.0. The predicted octanol–water partition coefficient (Wildman–Crippen LogP) is 4.60. The maximum absolute atomic E-state index is 12.6. The lowest BCUT2D eigenvalue weighted by atomic mass is 10.0. The second kappa shape index (κ2) is 7.25. The molecule has 0 amide bonds. The fourth-order valence-electron chi connectivity index (χ4n) is 3.28. The van der Waals surface area contributed by atoms with Crippen LogP contribution in [0.1, 0.15) is 27.9 Å². The van der Waals surface area contributed by atoms with Gasteiger partial charge in [-0.2, -0.15) is 0 Å². The van der Waals surface area contributed by atoms with Crippen LogP contribution in [0.4, 0.5) is 0 Å². The van der Waals surface area contributed by atoms with Crippen molar-refractivity contribution in [3.8, 4) is 11.4 Å². The number of fused-ring (bicyclic) bond motifs is 1. The van der Waals surface area contributed by atoms with E-state index in [0.717, 1.165) is 24.0 Å². The summed E-state index contributed by atoms with van der Waals surface area (Å²) in [6.07, 6.45) is 3.39. The average Bonchev–Trinajstić information content (AvgIpc) is 3.26. The van der Waals surface area contributed by atoms with Crippen molar-refractivity contribution in [2.45, 2.75) is 24.4 Å². The summed E-state index contributed by atoms with van der Waals surface area (Å²) in [5.74, 6) is 1.16. The average molecular weight is 384 g/mol. The van der Waals surface area contributed by atoms with Crippen LogP contribution in [0.15, 0.2) is 47.6 Å². The Hall–Kier alpha value is -2.11. The zero-order valence-electron chi connectivity index (χ0n) is 14.4. The van der Waals surface area contributed by atoms with Gasteiger partial charge < -0.3 is 4.57 Å². The molecular formula is C20H18ClN3OS. The minimum Gasteiger partial charge on any atom is -0.305 e. The molecule has 0 unspecified atom stereocenters. The third-order valence-electron chi connectivity index (χ3n) is 4.70. The molecule has 0 saturated heterocycles. The highest BCUT2D eigenvalue weighted by atomic mass is 35.5. The van der Waals surface area contributed by atoms with Gasteiger partial charge in [0.15, 0.2) is 16.8 Å². The molecule has 4 nitrogen and oxygen atoms in total. The fraction of sp³-hybridized carbons (Fsp3) is 0.250. The number of carbonyl (C=O) groups is 1. The Bertz CT molecular complexity index is 983. The third-order valence-corrected chi connectivity index (χ3v) is 6.05. The fourth-order valence-corrected chi connectivity index (χ4v) is 4.30. The molecule has 0 N–H and O–H groups in total. The standard InChI is InChI=1S/C20H18ClN3OS/c1-24-19(16-7-2-3-8-17(16)21)22-23-20(24)26-12-18(25)15-10-9-13-5-4-6-14(13)11-15/h2-3,7-11H,4-6,12H2,1H3. The molecule has 4 rings (SSSR count). The van der Waals surface area contributed by atoms with Crippen LogP contribution in [-0.2, 0) is 19.9 Å². The van der Waals surface area contributed by atoms with E-state index in [4.69, 9.17) is 11.6 Å². The van der Waals surface area contributed by atoms with Crippen LogP contribution in [0.2, 0.25) is 5.02 Å². The van der Waals surface area contributed by atoms with Crippen LogP contribution in [0.5, 0.6) is 0 Å². The topological polar surface area (TPSA) is 47.8 Å². The van der Waals surface area contributed by atoms with Gasteiger partial charge in [0.05, 0.1) is 10.8 Å². The first-order valence-electron chi connectivity index (χ1n) is 8.55. The molecule has 2 aromatic carbocycles. The van der Waals surface area contributed by atoms with Gasteiger partial charge in [0.25, 0.3) is 0 Å². The number of nitrogens with zero attached hydrogens (tertiary/aromatic N) is 3. The summed E-state index contributed by atoms with van der Waals surface area (Å²) in [5, 5.41) is 9.80. The molecule has 0 radical (unpaired) electrons. The van der Waals surface area contributed by atoms with Gasteiger partial charge in [0, 0.05) is 18.2 Å². The molecule has 0 aliphatic heterocycles. The molecule has 26 heavy (non-hydrogen) atoms. The molecule has 6 heteroatoms. The molecule has 0 atom stereocenters. The van der Waals surface area contributed by atoms with E-state index in [1.54, 1.807) is 0 Å². The van der Waals surface area contributed by atoms with Crippen LogP contribution < -0.4 is 0 Å². The summed E-state index contributed by atoms with van der Waals surface area (Å²) in [6.45, 7) is 0. The van der Waals surface area contributed by atoms with E-state index in [-0.39, 0.29) is 5.78 Å². The molecule has 132 valence electrons. The lowest BCUT2D eigenvalue weighted by molar-refractivity contribution is 0.102. The Morgan fingerprint density at radius 3 is 2.81 bits per heavy atom. The van der Waals surface area contributed by atoms with E-state index in [2.05, 4.69) is 22.3 Å². The van der Waals surface area contributed by atoms with Gasteiger partial charge in [-0.1, -0.05) is 47.6 Å². The first-order valence-corrected chi connectivity index (χ1v) is 9.92. The van der Waals surface area contributed by atoms with Crippen molar-refractivity contribution in [3.05, 3.63) is 64.2 Å². The van der Waals surface area contributed by atoms with Crippen LogP contribution in [-0.4, -0.2) is 26.3 Å². The van der Waals surface area contributed by atoms with Gasteiger partial charge in [-0.15, -0.1) is 10.2 Å². The second-order valence-corrected chi connectivity index (χ2v) is 7.74. The van der Waals surface area contributed by atoms with E-state index in [1.165, 1.54) is 29.3 Å². The third kappa shape index (κ3) is 3.29. The van der Waals surface area contributed by atoms with Gasteiger partial charge in [0.1, 0.15) is 0 Å². The largest absolute Gasteiger partial charge is 0.305 e. The highest BCUT2D eigenvalue weighted by Crippen LogP contribution is 2.29. The van der Waals surface area contributed by atoms with Gasteiger partial charge in [0.2, 0.25) is 0 Å². The van der Waals surface area contributed by atoms with Crippen molar-refractivity contribution in [1.29, 1.82) is 0 Å². The summed E-state index contributed by atoms with van der Waals surface area (Å²) in [5.41, 5.74) is 4.32. The molecule has 0 fully saturated rings. The molecule has 1 aliphatic carbocycles. The summed E-state index contributed by atoms with van der Waals surface area (Å²) >= 11 is 7.65. The van der Waals surface area contributed by atoms with Gasteiger partial charge in [-0.05, 0) is 48.6 Å². The van der Waals surface area contributed by atoms with Crippen molar-refractivity contribution in [2.24, 2.45) is 7.05 Å². The highest BCUT2D eigenvalue weighted by molar-refractivity contribution is 7.99. The number of hydrogen-bond donors (Lipinski definition) is 0. The molecule has 1 heterocycles. The summed E-state index contributed by atoms with van der Waals surface area (Å²) in [7, 11) is 1.89. The van der Waals surface area contributed by atoms with E-state index in [9.17, 15) is 4.79 Å². The van der Waals surface area contributed by atoms with Crippen LogP contribution in [0, 0.1) is 0 Å². The zero-order valence-corrected chi connectivity index (χ0v) is 16.0. The maximum atomic E-state index is 12.6. The van der Waals surface area contributed by atoms with Crippen molar-refractivity contribution >= 4 is 29.1 Å². The number of carbonyl (C=O) groups excluding carboxylic acids is 1. The van der Waals surface area contributed by atoms with Crippen molar-refractivity contribution in [1.82, 2.24) is 14.8 Å².